The summed E-state index contributed by atoms with van der Waals surface area (Å²) in [5, 5.41) is 10.1. The third kappa shape index (κ3) is 1.64. The van der Waals surface area contributed by atoms with Crippen LogP contribution in [0, 0.1) is 10.1 Å². The molecule has 5 nitrogen and oxygen atoms in total. The standard InChI is InChI=1S/C5H4BrN3O2/c6-3-1-2-4(9(10)11)8-5(3)7/h1-2H,(H2,7,8). The highest BCUT2D eigenvalue weighted by molar-refractivity contribution is 9.10. The molecule has 0 aliphatic heterocycles. The van der Waals surface area contributed by atoms with Gasteiger partial charge in [-0.2, -0.15) is 0 Å². The Hall–Kier alpha value is -1.17. The van der Waals surface area contributed by atoms with Crippen molar-refractivity contribution in [2.24, 2.45) is 0 Å². The van der Waals surface area contributed by atoms with Gasteiger partial charge in [0.25, 0.3) is 5.82 Å². The third-order valence-electron chi connectivity index (χ3n) is 1.05. The number of anilines is 1. The second-order valence-electron chi connectivity index (χ2n) is 1.79. The Bertz CT molecular complexity index is 302. The van der Waals surface area contributed by atoms with Gasteiger partial charge in [0.2, 0.25) is 0 Å². The summed E-state index contributed by atoms with van der Waals surface area (Å²) in [5.74, 6) is -0.120. The summed E-state index contributed by atoms with van der Waals surface area (Å²) in [6.45, 7) is 0. The van der Waals surface area contributed by atoms with E-state index < -0.39 is 4.92 Å². The summed E-state index contributed by atoms with van der Waals surface area (Å²) in [4.78, 5) is 13.0. The Labute approximate surface area is 70.5 Å². The average Bonchev–Trinajstić information content (AvgIpc) is 1.94. The van der Waals surface area contributed by atoms with E-state index in [-0.39, 0.29) is 11.6 Å². The molecule has 1 aromatic rings. The van der Waals surface area contributed by atoms with Crippen LogP contribution in [0.3, 0.4) is 0 Å². The Morgan fingerprint density at radius 3 is 2.73 bits per heavy atom. The van der Waals surface area contributed by atoms with Gasteiger partial charge in [-0.15, -0.1) is 0 Å². The van der Waals surface area contributed by atoms with Crippen molar-refractivity contribution in [2.75, 3.05) is 5.73 Å². The van der Waals surface area contributed by atoms with Crippen LogP contribution in [0.15, 0.2) is 16.6 Å². The summed E-state index contributed by atoms with van der Waals surface area (Å²) in [5.41, 5.74) is 5.30. The molecule has 0 bridgehead atoms. The predicted octanol–water partition coefficient (Wildman–Crippen LogP) is 1.33. The van der Waals surface area contributed by atoms with Crippen LogP contribution in [0.5, 0.6) is 0 Å². The van der Waals surface area contributed by atoms with Crippen LogP contribution in [0.4, 0.5) is 11.6 Å². The van der Waals surface area contributed by atoms with Crippen molar-refractivity contribution in [1.82, 2.24) is 4.98 Å². The first-order valence-electron chi connectivity index (χ1n) is 2.67. The molecule has 0 saturated heterocycles. The Kier molecular flexibility index (Phi) is 2.04. The van der Waals surface area contributed by atoms with Crippen LogP contribution < -0.4 is 5.73 Å². The molecule has 0 unspecified atom stereocenters. The molecule has 0 aromatic carbocycles. The van der Waals surface area contributed by atoms with E-state index in [0.717, 1.165) is 0 Å². The minimum Gasteiger partial charge on any atom is -0.362 e. The van der Waals surface area contributed by atoms with Crippen molar-refractivity contribution in [3.8, 4) is 0 Å². The van der Waals surface area contributed by atoms with Crippen LogP contribution in [0.2, 0.25) is 0 Å². The number of nitrogens with two attached hydrogens (primary N) is 1. The molecule has 0 aliphatic rings. The van der Waals surface area contributed by atoms with Crippen molar-refractivity contribution in [3.63, 3.8) is 0 Å². The fraction of sp³-hybridized carbons (Fsp3) is 0. The molecular formula is C5H4BrN3O2. The van der Waals surface area contributed by atoms with E-state index in [0.29, 0.717) is 4.47 Å². The van der Waals surface area contributed by atoms with Gasteiger partial charge < -0.3 is 15.8 Å². The van der Waals surface area contributed by atoms with Crippen LogP contribution in [0.25, 0.3) is 0 Å². The zero-order chi connectivity index (χ0) is 8.43. The largest absolute Gasteiger partial charge is 0.365 e. The number of nitrogen functional groups attached to an aromatic ring is 1. The van der Waals surface area contributed by atoms with Gasteiger partial charge in [-0.25, -0.2) is 0 Å². The van der Waals surface area contributed by atoms with E-state index in [2.05, 4.69) is 20.9 Å². The minimum absolute atomic E-state index is 0.124. The maximum absolute atomic E-state index is 10.1. The van der Waals surface area contributed by atoms with Crippen molar-refractivity contribution >= 4 is 27.6 Å². The monoisotopic (exact) mass is 217 g/mol. The Morgan fingerprint density at radius 2 is 2.27 bits per heavy atom. The molecule has 0 fully saturated rings. The van der Waals surface area contributed by atoms with Gasteiger partial charge in [0, 0.05) is 6.07 Å². The topological polar surface area (TPSA) is 82.0 Å². The fourth-order valence-corrected chi connectivity index (χ4v) is 0.770. The summed E-state index contributed by atoms with van der Waals surface area (Å²) < 4.78 is 0.558. The van der Waals surface area contributed by atoms with Crippen LogP contribution in [0.1, 0.15) is 0 Å². The maximum atomic E-state index is 10.1. The normalized spacial score (nSPS) is 9.55. The molecule has 0 amide bonds. The van der Waals surface area contributed by atoms with Crippen molar-refractivity contribution < 1.29 is 4.92 Å². The third-order valence-corrected chi connectivity index (χ3v) is 1.72. The molecular weight excluding hydrogens is 214 g/mol. The molecule has 0 spiro atoms. The first-order valence-corrected chi connectivity index (χ1v) is 3.47. The molecule has 0 atom stereocenters. The second kappa shape index (κ2) is 2.83. The molecule has 11 heavy (non-hydrogen) atoms. The van der Waals surface area contributed by atoms with E-state index in [4.69, 9.17) is 5.73 Å². The van der Waals surface area contributed by atoms with E-state index in [1.807, 2.05) is 0 Å². The van der Waals surface area contributed by atoms with Gasteiger partial charge in [-0.3, -0.25) is 0 Å². The molecule has 2 N–H and O–H groups in total. The second-order valence-corrected chi connectivity index (χ2v) is 2.65. The first-order chi connectivity index (χ1) is 5.11. The highest BCUT2D eigenvalue weighted by atomic mass is 79.9. The Morgan fingerprint density at radius 1 is 1.64 bits per heavy atom. The molecule has 1 rings (SSSR count). The molecule has 0 radical (unpaired) electrons. The van der Waals surface area contributed by atoms with Crippen LogP contribution in [-0.2, 0) is 0 Å². The lowest BCUT2D eigenvalue weighted by Gasteiger charge is -1.92. The van der Waals surface area contributed by atoms with E-state index >= 15 is 0 Å². The highest BCUT2D eigenvalue weighted by Gasteiger charge is 2.09. The fourth-order valence-electron chi connectivity index (χ4n) is 0.549. The van der Waals surface area contributed by atoms with Gasteiger partial charge in [0.15, 0.2) is 0 Å². The lowest BCUT2D eigenvalue weighted by atomic mass is 10.4. The smallest absolute Gasteiger partial charge is 0.362 e. The SMILES string of the molecule is Nc1nc([N+](=O)[O-])ccc1Br. The minimum atomic E-state index is -0.594. The number of rotatable bonds is 1. The first kappa shape index (κ1) is 7.93. The summed E-state index contributed by atoms with van der Waals surface area (Å²) >= 11 is 3.07. The lowest BCUT2D eigenvalue weighted by Crippen LogP contribution is -1.96. The number of hydrogen-bond acceptors (Lipinski definition) is 4. The maximum Gasteiger partial charge on any atom is 0.365 e. The lowest BCUT2D eigenvalue weighted by molar-refractivity contribution is -0.389. The molecule has 0 saturated carbocycles. The van der Waals surface area contributed by atoms with Crippen LogP contribution >= 0.6 is 15.9 Å². The summed E-state index contributed by atoms with van der Waals surface area (Å²) in [6, 6.07) is 2.76. The number of hydrogen-bond donors (Lipinski definition) is 1. The zero-order valence-corrected chi connectivity index (χ0v) is 6.91. The van der Waals surface area contributed by atoms with Crippen molar-refractivity contribution in [1.29, 1.82) is 0 Å². The van der Waals surface area contributed by atoms with E-state index in [9.17, 15) is 10.1 Å². The van der Waals surface area contributed by atoms with Gasteiger partial charge in [0.1, 0.15) is 0 Å². The summed E-state index contributed by atoms with van der Waals surface area (Å²) in [7, 11) is 0. The molecule has 0 aliphatic carbocycles. The number of nitro groups is 1. The molecule has 6 heteroatoms. The summed E-state index contributed by atoms with van der Waals surface area (Å²) in [6.07, 6.45) is 0. The van der Waals surface area contributed by atoms with Crippen molar-refractivity contribution in [2.45, 2.75) is 0 Å². The number of nitrogens with zero attached hydrogens (tertiary/aromatic N) is 2. The molecule has 1 heterocycles. The van der Waals surface area contributed by atoms with Gasteiger partial charge >= 0.3 is 5.82 Å². The number of halogens is 1. The van der Waals surface area contributed by atoms with E-state index in [1.54, 1.807) is 0 Å². The van der Waals surface area contributed by atoms with Gasteiger partial charge in [0.05, 0.1) is 4.47 Å². The highest BCUT2D eigenvalue weighted by Crippen LogP contribution is 2.19. The van der Waals surface area contributed by atoms with Gasteiger partial charge in [-0.05, 0) is 31.9 Å². The van der Waals surface area contributed by atoms with E-state index in [1.165, 1.54) is 12.1 Å². The number of aromatic nitrogens is 1. The van der Waals surface area contributed by atoms with Crippen molar-refractivity contribution in [3.05, 3.63) is 26.7 Å². The molecule has 1 aromatic heterocycles. The van der Waals surface area contributed by atoms with Crippen LogP contribution in [-0.4, -0.2) is 9.91 Å². The predicted molar refractivity (Wildman–Crippen MR) is 43.0 cm³/mol. The molecule has 58 valence electrons. The average molecular weight is 218 g/mol. The number of pyridine rings is 1. The Balaban J connectivity index is 3.15. The van der Waals surface area contributed by atoms with Gasteiger partial charge in [-0.1, -0.05) is 0 Å². The quantitative estimate of drug-likeness (QED) is 0.569. The zero-order valence-electron chi connectivity index (χ0n) is 5.32.